The molecule has 20 heavy (non-hydrogen) atoms. The molecule has 0 saturated carbocycles. The molecule has 1 amide bonds. The zero-order valence-electron chi connectivity index (χ0n) is 11.1. The van der Waals surface area contributed by atoms with Crippen molar-refractivity contribution in [3.05, 3.63) is 27.7 Å². The van der Waals surface area contributed by atoms with E-state index in [1.807, 2.05) is 0 Å². The Morgan fingerprint density at radius 2 is 2.00 bits per heavy atom. The van der Waals surface area contributed by atoms with Gasteiger partial charge >= 0.3 is 0 Å². The minimum absolute atomic E-state index is 0.0923. The predicted octanol–water partition coefficient (Wildman–Crippen LogP) is 3.20. The predicted molar refractivity (Wildman–Crippen MR) is 77.8 cm³/mol. The van der Waals surface area contributed by atoms with Crippen LogP contribution in [0.2, 0.25) is 10.0 Å². The van der Waals surface area contributed by atoms with Crippen LogP contribution in [0.3, 0.4) is 0 Å². The van der Waals surface area contributed by atoms with Crippen LogP contribution in [0.25, 0.3) is 0 Å². The molecule has 0 aliphatic carbocycles. The van der Waals surface area contributed by atoms with E-state index in [0.29, 0.717) is 11.3 Å². The van der Waals surface area contributed by atoms with Crippen molar-refractivity contribution >= 4 is 35.4 Å². The van der Waals surface area contributed by atoms with E-state index >= 15 is 0 Å². The second-order valence-electron chi connectivity index (χ2n) is 4.72. The van der Waals surface area contributed by atoms with Crippen molar-refractivity contribution in [2.75, 3.05) is 13.1 Å². The summed E-state index contributed by atoms with van der Waals surface area (Å²) in [5.41, 5.74) is 0.239. The zero-order chi connectivity index (χ0) is 14.7. The molecule has 1 unspecified atom stereocenters. The Labute approximate surface area is 127 Å². The van der Waals surface area contributed by atoms with Crippen LogP contribution in [0.4, 0.5) is 0 Å². The highest BCUT2D eigenvalue weighted by Crippen LogP contribution is 2.32. The number of likely N-dealkylation sites (tertiary alicyclic amines) is 1. The first-order valence-corrected chi connectivity index (χ1v) is 7.18. The molecule has 6 heteroatoms. The molecule has 1 fully saturated rings. The molecular formula is C14H15Cl2NO3. The number of carbonyl (C=O) groups is 2. The molecule has 4 nitrogen and oxygen atoms in total. The summed E-state index contributed by atoms with van der Waals surface area (Å²) in [7, 11) is 0. The van der Waals surface area contributed by atoms with Crippen molar-refractivity contribution in [1.82, 2.24) is 4.90 Å². The molecule has 1 heterocycles. The fraction of sp³-hybridized carbons (Fsp3) is 0.429. The lowest BCUT2D eigenvalue weighted by Gasteiger charge is -2.22. The number of nitrogens with zero attached hydrogens (tertiary/aromatic N) is 1. The van der Waals surface area contributed by atoms with E-state index in [2.05, 4.69) is 0 Å². The van der Waals surface area contributed by atoms with Crippen molar-refractivity contribution < 1.29 is 14.3 Å². The Morgan fingerprint density at radius 1 is 1.35 bits per heavy atom. The van der Waals surface area contributed by atoms with Crippen molar-refractivity contribution in [1.29, 1.82) is 0 Å². The zero-order valence-corrected chi connectivity index (χ0v) is 12.6. The van der Waals surface area contributed by atoms with Gasteiger partial charge in [0.2, 0.25) is 0 Å². The number of hydrogen-bond acceptors (Lipinski definition) is 3. The van der Waals surface area contributed by atoms with Crippen molar-refractivity contribution in [2.45, 2.75) is 25.9 Å². The van der Waals surface area contributed by atoms with Crippen LogP contribution in [0.1, 0.15) is 30.1 Å². The van der Waals surface area contributed by atoms with Gasteiger partial charge in [-0.05, 0) is 31.9 Å². The van der Waals surface area contributed by atoms with Crippen LogP contribution in [0.5, 0.6) is 5.75 Å². The Morgan fingerprint density at radius 3 is 2.60 bits per heavy atom. The Balaban J connectivity index is 2.16. The van der Waals surface area contributed by atoms with Gasteiger partial charge in [0.15, 0.2) is 12.4 Å². The lowest BCUT2D eigenvalue weighted by atomic mass is 10.2. The molecule has 0 radical (unpaired) electrons. The molecular weight excluding hydrogens is 301 g/mol. The van der Waals surface area contributed by atoms with Crippen LogP contribution >= 0.6 is 23.2 Å². The van der Waals surface area contributed by atoms with Crippen LogP contribution in [0, 0.1) is 0 Å². The highest BCUT2D eigenvalue weighted by molar-refractivity contribution is 6.36. The van der Waals surface area contributed by atoms with Crippen LogP contribution in [-0.2, 0) is 4.79 Å². The summed E-state index contributed by atoms with van der Waals surface area (Å²) in [5, 5.41) is 0.573. The number of benzene rings is 1. The third kappa shape index (κ3) is 3.25. The maximum Gasteiger partial charge on any atom is 0.263 e. The molecule has 2 rings (SSSR count). The summed E-state index contributed by atoms with van der Waals surface area (Å²) >= 11 is 11.9. The van der Waals surface area contributed by atoms with Gasteiger partial charge in [0, 0.05) is 18.1 Å². The van der Waals surface area contributed by atoms with E-state index in [-0.39, 0.29) is 22.2 Å². The summed E-state index contributed by atoms with van der Waals surface area (Å²) in [6.07, 6.45) is 1.95. The summed E-state index contributed by atoms with van der Waals surface area (Å²) in [6, 6.07) is 2.95. The minimum Gasteiger partial charge on any atom is -0.479 e. The number of aldehydes is 1. The lowest BCUT2D eigenvalue weighted by molar-refractivity contribution is -0.136. The molecule has 1 aliphatic heterocycles. The van der Waals surface area contributed by atoms with Gasteiger partial charge in [0.05, 0.1) is 10.6 Å². The molecule has 0 N–H and O–H groups in total. The van der Waals surface area contributed by atoms with E-state index in [1.54, 1.807) is 11.8 Å². The summed E-state index contributed by atoms with van der Waals surface area (Å²) < 4.78 is 5.58. The summed E-state index contributed by atoms with van der Waals surface area (Å²) in [4.78, 5) is 25.0. The first kappa shape index (κ1) is 15.1. The first-order chi connectivity index (χ1) is 9.52. The Kier molecular flexibility index (Phi) is 4.89. The maximum atomic E-state index is 12.2. The average molecular weight is 316 g/mol. The van der Waals surface area contributed by atoms with Gasteiger partial charge in [-0.2, -0.15) is 0 Å². The number of carbonyl (C=O) groups excluding carboxylic acids is 2. The van der Waals surface area contributed by atoms with E-state index in [4.69, 9.17) is 27.9 Å². The maximum absolute atomic E-state index is 12.2. The van der Waals surface area contributed by atoms with Crippen molar-refractivity contribution in [2.24, 2.45) is 0 Å². The van der Waals surface area contributed by atoms with Crippen molar-refractivity contribution in [3.63, 3.8) is 0 Å². The molecule has 108 valence electrons. The largest absolute Gasteiger partial charge is 0.479 e. The number of halogens is 2. The second kappa shape index (κ2) is 6.46. The highest BCUT2D eigenvalue weighted by Gasteiger charge is 2.26. The van der Waals surface area contributed by atoms with Gasteiger partial charge in [-0.3, -0.25) is 9.59 Å². The van der Waals surface area contributed by atoms with E-state index in [1.165, 1.54) is 12.1 Å². The van der Waals surface area contributed by atoms with E-state index in [0.717, 1.165) is 25.9 Å². The fourth-order valence-electron chi connectivity index (χ4n) is 2.21. The number of rotatable bonds is 4. The van der Waals surface area contributed by atoms with Crippen LogP contribution < -0.4 is 4.74 Å². The van der Waals surface area contributed by atoms with E-state index in [9.17, 15) is 9.59 Å². The molecule has 0 bridgehead atoms. The smallest absolute Gasteiger partial charge is 0.263 e. The number of ether oxygens (including phenoxy) is 1. The van der Waals surface area contributed by atoms with Gasteiger partial charge < -0.3 is 9.64 Å². The van der Waals surface area contributed by atoms with Crippen LogP contribution in [-0.4, -0.2) is 36.3 Å². The lowest BCUT2D eigenvalue weighted by Crippen LogP contribution is -2.38. The Hall–Kier alpha value is -1.26. The second-order valence-corrected chi connectivity index (χ2v) is 5.56. The van der Waals surface area contributed by atoms with E-state index < -0.39 is 6.10 Å². The van der Waals surface area contributed by atoms with Gasteiger partial charge in [0.1, 0.15) is 5.75 Å². The minimum atomic E-state index is -0.689. The SMILES string of the molecule is CC(Oc1c(Cl)cc(Cl)cc1C=O)C(=O)N1CCCC1. The molecule has 1 aromatic carbocycles. The average Bonchev–Trinajstić information content (AvgIpc) is 2.94. The summed E-state index contributed by atoms with van der Waals surface area (Å²) in [5.74, 6) is 0.108. The molecule has 1 atom stereocenters. The molecule has 0 spiro atoms. The third-order valence-electron chi connectivity index (χ3n) is 3.22. The fourth-order valence-corrected chi connectivity index (χ4v) is 2.77. The first-order valence-electron chi connectivity index (χ1n) is 6.42. The van der Waals surface area contributed by atoms with Gasteiger partial charge in [-0.1, -0.05) is 23.2 Å². The molecule has 1 aromatic rings. The summed E-state index contributed by atoms with van der Waals surface area (Å²) in [6.45, 7) is 3.16. The Bertz CT molecular complexity index is 527. The van der Waals surface area contributed by atoms with Gasteiger partial charge in [-0.25, -0.2) is 0 Å². The molecule has 0 aromatic heterocycles. The monoisotopic (exact) mass is 315 g/mol. The third-order valence-corrected chi connectivity index (χ3v) is 3.72. The molecule has 1 aliphatic rings. The standard InChI is InChI=1S/C14H15Cl2NO3/c1-9(14(19)17-4-2-3-5-17)20-13-10(8-18)6-11(15)7-12(13)16/h6-9H,2-5H2,1H3. The normalized spacial score (nSPS) is 16.1. The van der Waals surface area contributed by atoms with Gasteiger partial charge in [0.25, 0.3) is 5.91 Å². The molecule has 1 saturated heterocycles. The quantitative estimate of drug-likeness (QED) is 0.802. The number of amides is 1. The van der Waals surface area contributed by atoms with Crippen molar-refractivity contribution in [3.8, 4) is 5.75 Å². The van der Waals surface area contributed by atoms with Crippen LogP contribution in [0.15, 0.2) is 12.1 Å². The van der Waals surface area contributed by atoms with Gasteiger partial charge in [-0.15, -0.1) is 0 Å². The number of hydrogen-bond donors (Lipinski definition) is 0. The highest BCUT2D eigenvalue weighted by atomic mass is 35.5. The topological polar surface area (TPSA) is 46.6 Å².